The predicted molar refractivity (Wildman–Crippen MR) is 97.8 cm³/mol. The van der Waals surface area contributed by atoms with Crippen LogP contribution in [0.25, 0.3) is 0 Å². The van der Waals surface area contributed by atoms with Gasteiger partial charge in [0.25, 0.3) is 0 Å². The Bertz CT molecular complexity index is 766. The molecule has 5 nitrogen and oxygen atoms in total. The van der Waals surface area contributed by atoms with Crippen LogP contribution in [0.5, 0.6) is 11.5 Å². The monoisotopic (exact) mass is 363 g/mol. The number of nitrogens with zero attached hydrogens (tertiary/aromatic N) is 1. The number of hydrogen-bond donors (Lipinski definition) is 2. The molecule has 0 unspecified atom stereocenters. The van der Waals surface area contributed by atoms with E-state index in [0.717, 1.165) is 11.6 Å². The molecule has 2 aromatic carbocycles. The minimum atomic E-state index is -0.577. The highest BCUT2D eigenvalue weighted by Gasteiger charge is 2.06. The quantitative estimate of drug-likeness (QED) is 0.587. The normalized spacial score (nSPS) is 11.2. The lowest BCUT2D eigenvalue weighted by Crippen LogP contribution is -2.37. The van der Waals surface area contributed by atoms with E-state index in [1.54, 1.807) is 21.3 Å². The molecule has 2 rings (SSSR count). The fraction of sp³-hybridized carbons (Fsp3) is 0.316. The van der Waals surface area contributed by atoms with Crippen LogP contribution in [0.15, 0.2) is 41.4 Å². The lowest BCUT2D eigenvalue weighted by molar-refractivity contribution is 0.354. The van der Waals surface area contributed by atoms with Crippen molar-refractivity contribution in [3.8, 4) is 11.5 Å². The fourth-order valence-corrected chi connectivity index (χ4v) is 2.44. The summed E-state index contributed by atoms with van der Waals surface area (Å²) < 4.78 is 37.0. The Kier molecular flexibility index (Phi) is 7.20. The standard InChI is InChI=1S/C19H23F2N3O2/c1-22-19(23-9-8-14-5-6-15(20)11-16(14)21)24-12-13-4-7-17(25-2)18(10-13)26-3/h4-7,10-11H,8-9,12H2,1-3H3,(H2,22,23,24). The van der Waals surface area contributed by atoms with Gasteiger partial charge in [-0.3, -0.25) is 4.99 Å². The summed E-state index contributed by atoms with van der Waals surface area (Å²) in [7, 11) is 4.83. The summed E-state index contributed by atoms with van der Waals surface area (Å²) in [6.45, 7) is 0.999. The molecule has 0 aliphatic heterocycles. The maximum Gasteiger partial charge on any atom is 0.191 e. The third-order valence-corrected chi connectivity index (χ3v) is 3.83. The first kappa shape index (κ1) is 19.5. The zero-order valence-corrected chi connectivity index (χ0v) is 15.1. The number of methoxy groups -OCH3 is 2. The molecule has 140 valence electrons. The predicted octanol–water partition coefficient (Wildman–Crippen LogP) is 2.89. The van der Waals surface area contributed by atoms with Crippen molar-refractivity contribution in [1.29, 1.82) is 0 Å². The fourth-order valence-electron chi connectivity index (χ4n) is 2.44. The van der Waals surface area contributed by atoms with Gasteiger partial charge in [0.15, 0.2) is 17.5 Å². The van der Waals surface area contributed by atoms with Crippen LogP contribution in [0.1, 0.15) is 11.1 Å². The van der Waals surface area contributed by atoms with Gasteiger partial charge >= 0.3 is 0 Å². The van der Waals surface area contributed by atoms with Crippen molar-refractivity contribution in [2.45, 2.75) is 13.0 Å². The second-order valence-corrected chi connectivity index (χ2v) is 5.53. The van der Waals surface area contributed by atoms with Crippen LogP contribution in [0.4, 0.5) is 8.78 Å². The third kappa shape index (κ3) is 5.34. The van der Waals surface area contributed by atoms with E-state index in [1.165, 1.54) is 12.1 Å². The number of rotatable bonds is 7. The summed E-state index contributed by atoms with van der Waals surface area (Å²) >= 11 is 0. The maximum atomic E-state index is 13.6. The van der Waals surface area contributed by atoms with Gasteiger partial charge in [-0.1, -0.05) is 12.1 Å². The minimum Gasteiger partial charge on any atom is -0.493 e. The molecule has 0 radical (unpaired) electrons. The molecule has 0 aliphatic rings. The van der Waals surface area contributed by atoms with Crippen molar-refractivity contribution in [2.24, 2.45) is 4.99 Å². The second kappa shape index (κ2) is 9.60. The van der Waals surface area contributed by atoms with Gasteiger partial charge in [-0.25, -0.2) is 8.78 Å². The molecule has 0 atom stereocenters. The van der Waals surface area contributed by atoms with E-state index in [-0.39, 0.29) is 0 Å². The minimum absolute atomic E-state index is 0.420. The largest absolute Gasteiger partial charge is 0.493 e. The highest BCUT2D eigenvalue weighted by molar-refractivity contribution is 5.79. The van der Waals surface area contributed by atoms with Crippen LogP contribution >= 0.6 is 0 Å². The van der Waals surface area contributed by atoms with E-state index < -0.39 is 11.6 Å². The molecular weight excluding hydrogens is 340 g/mol. The Labute approximate surface area is 152 Å². The van der Waals surface area contributed by atoms with E-state index in [4.69, 9.17) is 9.47 Å². The van der Waals surface area contributed by atoms with Crippen molar-refractivity contribution >= 4 is 5.96 Å². The van der Waals surface area contributed by atoms with Crippen molar-refractivity contribution in [3.05, 3.63) is 59.2 Å². The van der Waals surface area contributed by atoms with E-state index >= 15 is 0 Å². The second-order valence-electron chi connectivity index (χ2n) is 5.53. The average molecular weight is 363 g/mol. The first-order valence-electron chi connectivity index (χ1n) is 8.16. The van der Waals surface area contributed by atoms with Gasteiger partial charge in [0.1, 0.15) is 11.6 Å². The number of guanidine groups is 1. The lowest BCUT2D eigenvalue weighted by Gasteiger charge is -2.13. The topological polar surface area (TPSA) is 54.9 Å². The Morgan fingerprint density at radius 1 is 1.00 bits per heavy atom. The van der Waals surface area contributed by atoms with Gasteiger partial charge in [-0.05, 0) is 35.7 Å². The number of halogens is 2. The van der Waals surface area contributed by atoms with E-state index in [2.05, 4.69) is 15.6 Å². The van der Waals surface area contributed by atoms with E-state index in [9.17, 15) is 8.78 Å². The summed E-state index contributed by atoms with van der Waals surface area (Å²) in [5.74, 6) is 0.788. The van der Waals surface area contributed by atoms with Crippen LogP contribution in [-0.4, -0.2) is 33.8 Å². The molecule has 2 N–H and O–H groups in total. The first-order valence-corrected chi connectivity index (χ1v) is 8.16. The van der Waals surface area contributed by atoms with Gasteiger partial charge in [0.05, 0.1) is 14.2 Å². The Balaban J connectivity index is 1.86. The van der Waals surface area contributed by atoms with Gasteiger partial charge in [0.2, 0.25) is 0 Å². The molecule has 26 heavy (non-hydrogen) atoms. The number of hydrogen-bond acceptors (Lipinski definition) is 3. The van der Waals surface area contributed by atoms with E-state index in [0.29, 0.717) is 42.5 Å². The third-order valence-electron chi connectivity index (χ3n) is 3.83. The van der Waals surface area contributed by atoms with Crippen LogP contribution < -0.4 is 20.1 Å². The molecule has 0 bridgehead atoms. The molecule has 2 aromatic rings. The summed E-state index contributed by atoms with van der Waals surface area (Å²) in [6.07, 6.45) is 0.420. The van der Waals surface area contributed by atoms with Gasteiger partial charge < -0.3 is 20.1 Å². The zero-order chi connectivity index (χ0) is 18.9. The summed E-state index contributed by atoms with van der Waals surface area (Å²) in [5, 5.41) is 6.28. The van der Waals surface area contributed by atoms with Gasteiger partial charge in [0, 0.05) is 26.2 Å². The molecule has 7 heteroatoms. The number of nitrogens with one attached hydrogen (secondary N) is 2. The molecule has 0 amide bonds. The lowest BCUT2D eigenvalue weighted by atomic mass is 10.1. The highest BCUT2D eigenvalue weighted by atomic mass is 19.1. The first-order chi connectivity index (χ1) is 12.6. The Morgan fingerprint density at radius 3 is 2.42 bits per heavy atom. The molecule has 0 saturated carbocycles. The highest BCUT2D eigenvalue weighted by Crippen LogP contribution is 2.27. The van der Waals surface area contributed by atoms with Gasteiger partial charge in [-0.2, -0.15) is 0 Å². The summed E-state index contributed by atoms with van der Waals surface area (Å²) in [4.78, 5) is 4.13. The Morgan fingerprint density at radius 2 is 1.77 bits per heavy atom. The van der Waals surface area contributed by atoms with Crippen LogP contribution in [-0.2, 0) is 13.0 Å². The smallest absolute Gasteiger partial charge is 0.191 e. The molecular formula is C19H23F2N3O2. The summed E-state index contributed by atoms with van der Waals surface area (Å²) in [6, 6.07) is 9.24. The number of ether oxygens (including phenoxy) is 2. The molecule has 0 spiro atoms. The average Bonchev–Trinajstić information content (AvgIpc) is 2.65. The van der Waals surface area contributed by atoms with Crippen LogP contribution in [0.3, 0.4) is 0 Å². The molecule has 0 saturated heterocycles. The molecule has 0 heterocycles. The summed E-state index contributed by atoms with van der Waals surface area (Å²) in [5.41, 5.74) is 1.45. The molecule has 0 aromatic heterocycles. The van der Waals surface area contributed by atoms with Crippen molar-refractivity contribution in [2.75, 3.05) is 27.8 Å². The maximum absolute atomic E-state index is 13.6. The van der Waals surface area contributed by atoms with Crippen molar-refractivity contribution < 1.29 is 18.3 Å². The molecule has 0 aliphatic carbocycles. The molecule has 0 fully saturated rings. The van der Waals surface area contributed by atoms with Crippen molar-refractivity contribution in [3.63, 3.8) is 0 Å². The van der Waals surface area contributed by atoms with Gasteiger partial charge in [-0.15, -0.1) is 0 Å². The SMILES string of the molecule is CN=C(NCCc1ccc(F)cc1F)NCc1ccc(OC)c(OC)c1. The van der Waals surface area contributed by atoms with Crippen LogP contribution in [0, 0.1) is 11.6 Å². The van der Waals surface area contributed by atoms with E-state index in [1.807, 2.05) is 18.2 Å². The van der Waals surface area contributed by atoms with Crippen LogP contribution in [0.2, 0.25) is 0 Å². The number of benzene rings is 2. The number of aliphatic imine (C=N–C) groups is 1. The Hall–Kier alpha value is -2.83. The van der Waals surface area contributed by atoms with Crippen molar-refractivity contribution in [1.82, 2.24) is 10.6 Å². The zero-order valence-electron chi connectivity index (χ0n) is 15.1.